The van der Waals surface area contributed by atoms with Crippen molar-refractivity contribution in [3.63, 3.8) is 0 Å². The van der Waals surface area contributed by atoms with Gasteiger partial charge in [0.1, 0.15) is 24.4 Å². The average Bonchev–Trinajstić information content (AvgIpc) is 3.74. The van der Waals surface area contributed by atoms with E-state index in [0.717, 1.165) is 63.4 Å². The predicted octanol–water partition coefficient (Wildman–Crippen LogP) is 6.27. The molecular formula is C43H69NO10. The van der Waals surface area contributed by atoms with Crippen LogP contribution in [-0.4, -0.2) is 120 Å². The Bertz CT molecular complexity index is 1320. The zero-order chi connectivity index (χ0) is 38.7. The van der Waals surface area contributed by atoms with Crippen LogP contribution < -0.4 is 0 Å². The lowest BCUT2D eigenvalue weighted by Gasteiger charge is -2.45. The van der Waals surface area contributed by atoms with Gasteiger partial charge in [-0.1, -0.05) is 39.0 Å². The first-order valence-electron chi connectivity index (χ1n) is 21.1. The van der Waals surface area contributed by atoms with E-state index >= 15 is 0 Å². The van der Waals surface area contributed by atoms with Crippen LogP contribution in [0.3, 0.4) is 0 Å². The number of cyclic esters (lactones) is 1. The molecule has 1 saturated carbocycles. The molecule has 14 unspecified atom stereocenters. The van der Waals surface area contributed by atoms with E-state index in [1.807, 2.05) is 0 Å². The maximum atomic E-state index is 14.9. The van der Waals surface area contributed by atoms with Crippen LogP contribution in [-0.2, 0) is 47.5 Å². The average molecular weight is 760 g/mol. The number of likely N-dealkylation sites (N-methyl/N-ethyl adjacent to an activating group) is 1. The monoisotopic (exact) mass is 759 g/mol. The molecule has 3 heterocycles. The second-order valence-corrected chi connectivity index (χ2v) is 17.0. The highest BCUT2D eigenvalue weighted by molar-refractivity contribution is 5.99. The van der Waals surface area contributed by atoms with Gasteiger partial charge < -0.3 is 42.8 Å². The van der Waals surface area contributed by atoms with Crippen LogP contribution in [0.4, 0.5) is 0 Å². The maximum Gasteiger partial charge on any atom is 0.306 e. The molecule has 4 fully saturated rings. The Hall–Kier alpha value is -1.70. The first-order valence-corrected chi connectivity index (χ1v) is 21.1. The van der Waals surface area contributed by atoms with Gasteiger partial charge in [0.25, 0.3) is 0 Å². The minimum atomic E-state index is -0.590. The Kier molecular flexibility index (Phi) is 14.5. The molecule has 6 aliphatic rings. The van der Waals surface area contributed by atoms with E-state index in [-0.39, 0.29) is 96.8 Å². The highest BCUT2D eigenvalue weighted by atomic mass is 16.7. The molecule has 3 aliphatic carbocycles. The van der Waals surface area contributed by atoms with Crippen molar-refractivity contribution in [2.75, 3.05) is 35.4 Å². The van der Waals surface area contributed by atoms with Crippen molar-refractivity contribution >= 4 is 11.8 Å². The van der Waals surface area contributed by atoms with Gasteiger partial charge in [-0.2, -0.15) is 0 Å². The van der Waals surface area contributed by atoms with Gasteiger partial charge >= 0.3 is 5.97 Å². The van der Waals surface area contributed by atoms with Crippen molar-refractivity contribution in [3.05, 3.63) is 23.8 Å². The van der Waals surface area contributed by atoms with Crippen LogP contribution >= 0.6 is 0 Å². The van der Waals surface area contributed by atoms with Crippen LogP contribution in [0.1, 0.15) is 98.3 Å². The summed E-state index contributed by atoms with van der Waals surface area (Å²) < 4.78 is 50.2. The van der Waals surface area contributed by atoms with Crippen LogP contribution in [0.15, 0.2) is 23.8 Å². The topological polar surface area (TPSA) is 111 Å². The summed E-state index contributed by atoms with van der Waals surface area (Å²) in [6.45, 7) is 8.37. The molecule has 0 aromatic heterocycles. The maximum absolute atomic E-state index is 14.9. The summed E-state index contributed by atoms with van der Waals surface area (Å²) >= 11 is 0. The highest BCUT2D eigenvalue weighted by Crippen LogP contribution is 2.54. The lowest BCUT2D eigenvalue weighted by Crippen LogP contribution is -2.60. The second kappa shape index (κ2) is 18.7. The number of fused-ring (bicyclic) bond motifs is 5. The van der Waals surface area contributed by atoms with E-state index in [9.17, 15) is 9.59 Å². The first kappa shape index (κ1) is 41.9. The van der Waals surface area contributed by atoms with Gasteiger partial charge in [-0.05, 0) is 114 Å². The van der Waals surface area contributed by atoms with Gasteiger partial charge in [-0.3, -0.25) is 9.59 Å². The summed E-state index contributed by atoms with van der Waals surface area (Å²) in [5.41, 5.74) is 0.783. The van der Waals surface area contributed by atoms with Crippen molar-refractivity contribution in [1.29, 1.82) is 0 Å². The van der Waals surface area contributed by atoms with Gasteiger partial charge in [-0.15, -0.1) is 0 Å². The van der Waals surface area contributed by atoms with Gasteiger partial charge in [0, 0.05) is 39.2 Å². The number of carbonyl (C=O) groups is 2. The van der Waals surface area contributed by atoms with Gasteiger partial charge in [-0.25, -0.2) is 0 Å². The number of hydrogen-bond acceptors (Lipinski definition) is 11. The standard InChI is InChI=1S/C43H69NO10/c1-10-26-14-13-15-36(53-38-19-18-34(44(5)6)24(4)50-38)28(11-2)39(46)33-22-31-29(32(33)23-37(45)51-26)17-16-25-20-27(21-30(25)31)52-43-42(49-9)41(48-8)40(47-7)35(12-3)54-43/h16-17,22,24-32,34-36,38,40-43H,10-15,18-21,23H2,1-9H3/t24-,25?,26?,27?,28?,29?,30?,31?,32?,34-,35+,36?,38?,40?,41?,42?,43?/m1/s1. The number of allylic oxidation sites excluding steroid dienone is 4. The first-order chi connectivity index (χ1) is 26.0. The molecule has 17 atom stereocenters. The Morgan fingerprint density at radius 3 is 2.22 bits per heavy atom. The van der Waals surface area contributed by atoms with Crippen molar-refractivity contribution < 1.29 is 47.5 Å². The molecule has 11 nitrogen and oxygen atoms in total. The number of ketones is 1. The molecule has 0 spiro atoms. The smallest absolute Gasteiger partial charge is 0.306 e. The Morgan fingerprint density at radius 2 is 1.57 bits per heavy atom. The third-order valence-electron chi connectivity index (χ3n) is 13.8. The molecule has 0 N–H and O–H groups in total. The molecule has 0 radical (unpaired) electrons. The minimum absolute atomic E-state index is 0.0375. The Labute approximate surface area is 324 Å². The van der Waals surface area contributed by atoms with Crippen molar-refractivity contribution in [2.24, 2.45) is 35.5 Å². The van der Waals surface area contributed by atoms with E-state index in [1.165, 1.54) is 0 Å². The fraction of sp³-hybridized carbons (Fsp3) is 0.860. The van der Waals surface area contributed by atoms with Gasteiger partial charge in [0.15, 0.2) is 18.4 Å². The summed E-state index contributed by atoms with van der Waals surface area (Å²) in [5.74, 6) is 0.112. The zero-order valence-corrected chi connectivity index (χ0v) is 34.4. The summed E-state index contributed by atoms with van der Waals surface area (Å²) in [6, 6.07) is 0.338. The van der Waals surface area contributed by atoms with E-state index in [0.29, 0.717) is 18.4 Å². The number of hydrogen-bond donors (Lipinski definition) is 0. The van der Waals surface area contributed by atoms with Crippen LogP contribution in [0.5, 0.6) is 0 Å². The number of esters is 1. The highest BCUT2D eigenvalue weighted by Gasteiger charge is 2.53. The predicted molar refractivity (Wildman–Crippen MR) is 203 cm³/mol. The molecule has 0 aromatic carbocycles. The lowest BCUT2D eigenvalue weighted by molar-refractivity contribution is -0.317. The normalized spacial score (nSPS) is 44.5. The minimum Gasteiger partial charge on any atom is -0.462 e. The zero-order valence-electron chi connectivity index (χ0n) is 34.4. The molecule has 0 amide bonds. The molecule has 3 saturated heterocycles. The molecule has 54 heavy (non-hydrogen) atoms. The van der Waals surface area contributed by atoms with E-state index in [2.05, 4.69) is 64.9 Å². The van der Waals surface area contributed by atoms with Crippen LogP contribution in [0, 0.1) is 35.5 Å². The molecule has 0 bridgehead atoms. The van der Waals surface area contributed by atoms with Crippen molar-refractivity contribution in [3.8, 4) is 0 Å². The molecule has 306 valence electrons. The third kappa shape index (κ3) is 8.74. The summed E-state index contributed by atoms with van der Waals surface area (Å²) in [6.07, 6.45) is 12.4. The van der Waals surface area contributed by atoms with Crippen molar-refractivity contribution in [1.82, 2.24) is 4.90 Å². The Morgan fingerprint density at radius 1 is 0.815 bits per heavy atom. The quantitative estimate of drug-likeness (QED) is 0.176. The number of methoxy groups -OCH3 is 3. The van der Waals surface area contributed by atoms with Gasteiger partial charge in [0.05, 0.1) is 30.8 Å². The number of Topliss-reactive ketones (excluding diaryl/α,β-unsaturated/α-hetero) is 1. The fourth-order valence-corrected chi connectivity index (χ4v) is 10.9. The summed E-state index contributed by atoms with van der Waals surface area (Å²) in [7, 11) is 9.21. The molecule has 11 heteroatoms. The van der Waals surface area contributed by atoms with E-state index in [4.69, 9.17) is 37.9 Å². The van der Waals surface area contributed by atoms with E-state index in [1.54, 1.807) is 21.3 Å². The SMILES string of the molecule is CCC1CCCC(OC2CC[C@@H](N(C)C)[C@@H](C)O2)C(CC)C(=O)C2=CC3C(C=CC4CC(OC5O[C@@H](CC)C(OC)C(OC)C5OC)CC43)C2CC(=O)O1. The van der Waals surface area contributed by atoms with Crippen LogP contribution in [0.2, 0.25) is 0 Å². The number of ether oxygens (including phenoxy) is 8. The second-order valence-electron chi connectivity index (χ2n) is 17.0. The molecule has 3 aliphatic heterocycles. The fourth-order valence-electron chi connectivity index (χ4n) is 10.9. The van der Waals surface area contributed by atoms with Crippen molar-refractivity contribution in [2.45, 2.75) is 166 Å². The van der Waals surface area contributed by atoms with Crippen LogP contribution in [0.25, 0.3) is 0 Å². The molecule has 6 rings (SSSR count). The van der Waals surface area contributed by atoms with Gasteiger partial charge in [0.2, 0.25) is 0 Å². The largest absolute Gasteiger partial charge is 0.462 e. The number of nitrogens with zero attached hydrogens (tertiary/aromatic N) is 1. The molecular weight excluding hydrogens is 690 g/mol. The Balaban J connectivity index is 1.23. The summed E-state index contributed by atoms with van der Waals surface area (Å²) in [4.78, 5) is 30.7. The summed E-state index contributed by atoms with van der Waals surface area (Å²) in [5, 5.41) is 0. The number of carbonyl (C=O) groups excluding carboxylic acids is 2. The number of rotatable bonds is 11. The lowest BCUT2D eigenvalue weighted by atomic mass is 9.70. The third-order valence-corrected chi connectivity index (χ3v) is 13.8. The van der Waals surface area contributed by atoms with E-state index < -0.39 is 12.4 Å². The molecule has 0 aromatic rings.